The number of aryl methyl sites for hydroxylation is 1. The van der Waals surface area contributed by atoms with Crippen molar-refractivity contribution in [2.75, 3.05) is 31.1 Å². The van der Waals surface area contributed by atoms with Crippen LogP contribution >= 0.6 is 0 Å². The second-order valence-electron chi connectivity index (χ2n) is 9.68. The van der Waals surface area contributed by atoms with Crippen LogP contribution < -0.4 is 10.2 Å². The second kappa shape index (κ2) is 8.76. The first-order chi connectivity index (χ1) is 15.2. The van der Waals surface area contributed by atoms with E-state index in [-0.39, 0.29) is 12.0 Å². The Morgan fingerprint density at radius 3 is 2.44 bits per heavy atom. The molecule has 2 amide bonds. The van der Waals surface area contributed by atoms with E-state index in [0.717, 1.165) is 24.2 Å². The Morgan fingerprint density at radius 1 is 1.09 bits per heavy atom. The van der Waals surface area contributed by atoms with Crippen molar-refractivity contribution in [3.63, 3.8) is 0 Å². The molecule has 2 atom stereocenters. The van der Waals surface area contributed by atoms with Crippen LogP contribution in [0.3, 0.4) is 0 Å². The number of hydrogen-bond acceptors (Lipinski definition) is 6. The number of likely N-dealkylation sites (tertiary alicyclic amines) is 1. The van der Waals surface area contributed by atoms with Gasteiger partial charge in [0.1, 0.15) is 17.1 Å². The van der Waals surface area contributed by atoms with Crippen molar-refractivity contribution >= 4 is 17.8 Å². The molecule has 8 heteroatoms. The Hall–Kier alpha value is -3.16. The van der Waals surface area contributed by atoms with E-state index in [1.807, 2.05) is 52.0 Å². The third-order valence-corrected chi connectivity index (χ3v) is 6.02. The van der Waals surface area contributed by atoms with Gasteiger partial charge in [-0.05, 0) is 38.8 Å². The van der Waals surface area contributed by atoms with E-state index in [0.29, 0.717) is 43.0 Å². The smallest absolute Gasteiger partial charge is 0.410 e. The maximum Gasteiger partial charge on any atom is 0.410 e. The Labute approximate surface area is 189 Å². The predicted octanol–water partition coefficient (Wildman–Crippen LogP) is 3.02. The number of carbonyl (C=O) groups excluding carboxylic acids is 2. The summed E-state index contributed by atoms with van der Waals surface area (Å²) in [6.45, 7) is 11.0. The predicted molar refractivity (Wildman–Crippen MR) is 121 cm³/mol. The SMILES string of the molecule is Cc1ccccc1CNC(=O)c1cncc(N2CC3CN(C(=O)OC(C)(C)C)CC3C2)n1. The second-order valence-corrected chi connectivity index (χ2v) is 9.68. The number of anilines is 1. The van der Waals surface area contributed by atoms with Crippen molar-refractivity contribution in [2.24, 2.45) is 11.8 Å². The van der Waals surface area contributed by atoms with Crippen LogP contribution in [0.4, 0.5) is 10.6 Å². The highest BCUT2D eigenvalue weighted by atomic mass is 16.6. The van der Waals surface area contributed by atoms with Gasteiger partial charge in [0.2, 0.25) is 0 Å². The molecule has 0 radical (unpaired) electrons. The van der Waals surface area contributed by atoms with E-state index in [9.17, 15) is 9.59 Å². The molecule has 3 heterocycles. The molecular weight excluding hydrogens is 406 g/mol. The van der Waals surface area contributed by atoms with E-state index in [1.54, 1.807) is 11.1 Å². The number of nitrogens with zero attached hydrogens (tertiary/aromatic N) is 4. The van der Waals surface area contributed by atoms with Gasteiger partial charge in [-0.15, -0.1) is 0 Å². The summed E-state index contributed by atoms with van der Waals surface area (Å²) in [5.41, 5.74) is 2.03. The van der Waals surface area contributed by atoms with Gasteiger partial charge < -0.3 is 19.9 Å². The zero-order chi connectivity index (χ0) is 22.9. The van der Waals surface area contributed by atoms with Crippen LogP contribution in [0.15, 0.2) is 36.7 Å². The topological polar surface area (TPSA) is 87.7 Å². The van der Waals surface area contributed by atoms with Gasteiger partial charge >= 0.3 is 6.09 Å². The minimum atomic E-state index is -0.489. The number of ether oxygens (including phenoxy) is 1. The summed E-state index contributed by atoms with van der Waals surface area (Å²) < 4.78 is 5.51. The van der Waals surface area contributed by atoms with Crippen LogP contribution in [0.1, 0.15) is 42.4 Å². The summed E-state index contributed by atoms with van der Waals surface area (Å²) in [5, 5.41) is 2.93. The number of benzene rings is 1. The maximum atomic E-state index is 12.6. The lowest BCUT2D eigenvalue weighted by Gasteiger charge is -2.26. The van der Waals surface area contributed by atoms with Crippen molar-refractivity contribution in [3.05, 3.63) is 53.5 Å². The van der Waals surface area contributed by atoms with E-state index < -0.39 is 5.60 Å². The van der Waals surface area contributed by atoms with Crippen LogP contribution in [0.25, 0.3) is 0 Å². The number of hydrogen-bond donors (Lipinski definition) is 1. The molecule has 1 N–H and O–H groups in total. The van der Waals surface area contributed by atoms with E-state index >= 15 is 0 Å². The highest BCUT2D eigenvalue weighted by molar-refractivity contribution is 5.92. The van der Waals surface area contributed by atoms with E-state index in [4.69, 9.17) is 4.74 Å². The van der Waals surface area contributed by atoms with Crippen LogP contribution in [0.5, 0.6) is 0 Å². The molecule has 2 fully saturated rings. The Balaban J connectivity index is 1.34. The monoisotopic (exact) mass is 437 g/mol. The van der Waals surface area contributed by atoms with Gasteiger partial charge in [-0.3, -0.25) is 9.78 Å². The standard InChI is InChI=1S/C24H31N5O3/c1-16-7-5-6-8-17(16)9-26-22(30)20-10-25-11-21(27-20)28-12-18-14-29(15-19(18)13-28)23(31)32-24(2,3)4/h5-8,10-11,18-19H,9,12-15H2,1-4H3,(H,26,30). The van der Waals surface area contributed by atoms with Gasteiger partial charge in [0.25, 0.3) is 5.91 Å². The summed E-state index contributed by atoms with van der Waals surface area (Å²) in [4.78, 5) is 37.8. The fourth-order valence-corrected chi connectivity index (χ4v) is 4.35. The molecule has 0 aliphatic carbocycles. The van der Waals surface area contributed by atoms with Crippen molar-refractivity contribution in [2.45, 2.75) is 39.8 Å². The fraction of sp³-hybridized carbons (Fsp3) is 0.500. The molecule has 2 saturated heterocycles. The molecule has 8 nitrogen and oxygen atoms in total. The highest BCUT2D eigenvalue weighted by Crippen LogP contribution is 2.33. The molecule has 2 aliphatic heterocycles. The van der Waals surface area contributed by atoms with Gasteiger partial charge in [0, 0.05) is 44.6 Å². The highest BCUT2D eigenvalue weighted by Gasteiger charge is 2.43. The summed E-state index contributed by atoms with van der Waals surface area (Å²) in [6, 6.07) is 7.97. The molecule has 0 bridgehead atoms. The maximum absolute atomic E-state index is 12.6. The third-order valence-electron chi connectivity index (χ3n) is 6.02. The first-order valence-electron chi connectivity index (χ1n) is 11.1. The lowest BCUT2D eigenvalue weighted by molar-refractivity contribution is 0.0282. The van der Waals surface area contributed by atoms with Crippen molar-refractivity contribution in [3.8, 4) is 0 Å². The molecule has 4 rings (SSSR count). The lowest BCUT2D eigenvalue weighted by atomic mass is 10.0. The van der Waals surface area contributed by atoms with E-state index in [1.165, 1.54) is 6.20 Å². The summed E-state index contributed by atoms with van der Waals surface area (Å²) in [7, 11) is 0. The molecule has 0 spiro atoms. The number of aromatic nitrogens is 2. The number of nitrogens with one attached hydrogen (secondary N) is 1. The molecule has 2 aliphatic rings. The molecule has 1 aromatic heterocycles. The Bertz CT molecular complexity index is 989. The summed E-state index contributed by atoms with van der Waals surface area (Å²) in [6.07, 6.45) is 2.95. The van der Waals surface area contributed by atoms with Crippen molar-refractivity contribution < 1.29 is 14.3 Å². The molecule has 1 aromatic carbocycles. The largest absolute Gasteiger partial charge is 0.444 e. The first kappa shape index (κ1) is 22.0. The molecule has 0 saturated carbocycles. The van der Waals surface area contributed by atoms with Gasteiger partial charge in [-0.1, -0.05) is 24.3 Å². The van der Waals surface area contributed by atoms with Gasteiger partial charge in [0.05, 0.1) is 12.4 Å². The average Bonchev–Trinajstić information content (AvgIpc) is 3.31. The van der Waals surface area contributed by atoms with Crippen LogP contribution in [-0.4, -0.2) is 58.6 Å². The number of rotatable bonds is 4. The van der Waals surface area contributed by atoms with Crippen LogP contribution in [0.2, 0.25) is 0 Å². The zero-order valence-corrected chi connectivity index (χ0v) is 19.2. The van der Waals surface area contributed by atoms with Crippen LogP contribution in [-0.2, 0) is 11.3 Å². The normalized spacial score (nSPS) is 20.2. The van der Waals surface area contributed by atoms with Crippen molar-refractivity contribution in [1.29, 1.82) is 0 Å². The Kier molecular flexibility index (Phi) is 6.04. The minimum Gasteiger partial charge on any atom is -0.444 e. The molecule has 170 valence electrons. The van der Waals surface area contributed by atoms with Gasteiger partial charge in [-0.25, -0.2) is 9.78 Å². The fourth-order valence-electron chi connectivity index (χ4n) is 4.35. The number of carbonyl (C=O) groups is 2. The Morgan fingerprint density at radius 2 is 1.78 bits per heavy atom. The number of fused-ring (bicyclic) bond motifs is 1. The molecule has 2 unspecified atom stereocenters. The average molecular weight is 438 g/mol. The molecular formula is C24H31N5O3. The molecule has 2 aromatic rings. The quantitative estimate of drug-likeness (QED) is 0.791. The van der Waals surface area contributed by atoms with Gasteiger partial charge in [-0.2, -0.15) is 0 Å². The molecule has 32 heavy (non-hydrogen) atoms. The van der Waals surface area contributed by atoms with Crippen LogP contribution in [0, 0.1) is 18.8 Å². The summed E-state index contributed by atoms with van der Waals surface area (Å²) >= 11 is 0. The first-order valence-corrected chi connectivity index (χ1v) is 11.1. The summed E-state index contributed by atoms with van der Waals surface area (Å²) in [5.74, 6) is 1.19. The number of amides is 2. The van der Waals surface area contributed by atoms with Crippen molar-refractivity contribution in [1.82, 2.24) is 20.2 Å². The lowest BCUT2D eigenvalue weighted by Crippen LogP contribution is -2.37. The van der Waals surface area contributed by atoms with Gasteiger partial charge in [0.15, 0.2) is 0 Å². The third kappa shape index (κ3) is 5.00. The zero-order valence-electron chi connectivity index (χ0n) is 19.2. The van der Waals surface area contributed by atoms with E-state index in [2.05, 4.69) is 20.2 Å². The minimum absolute atomic E-state index is 0.238.